The molecule has 1 fully saturated rings. The van der Waals surface area contributed by atoms with Gasteiger partial charge in [0.15, 0.2) is 0 Å². The van der Waals surface area contributed by atoms with Gasteiger partial charge in [-0.05, 0) is 48.1 Å². The Balaban J connectivity index is 1.31. The van der Waals surface area contributed by atoms with Crippen LogP contribution in [-0.4, -0.2) is 59.3 Å². The highest BCUT2D eigenvalue weighted by atomic mass is 16.5. The van der Waals surface area contributed by atoms with E-state index in [1.165, 1.54) is 0 Å². The fraction of sp³-hybridized carbons (Fsp3) is 0.344. The van der Waals surface area contributed by atoms with E-state index in [0.717, 1.165) is 27.8 Å². The lowest BCUT2D eigenvalue weighted by molar-refractivity contribution is -0.142. The first-order valence-corrected chi connectivity index (χ1v) is 13.7. The Bertz CT molecular complexity index is 1350. The summed E-state index contributed by atoms with van der Waals surface area (Å²) in [5, 5.41) is 15.1. The van der Waals surface area contributed by atoms with E-state index in [9.17, 15) is 19.5 Å². The molecule has 3 N–H and O–H groups in total. The average Bonchev–Trinajstić information content (AvgIpc) is 3.51. The molecule has 2 aliphatic rings. The summed E-state index contributed by atoms with van der Waals surface area (Å²) < 4.78 is 5.78. The predicted molar refractivity (Wildman–Crippen MR) is 152 cm³/mol. The van der Waals surface area contributed by atoms with Crippen molar-refractivity contribution in [3.63, 3.8) is 0 Å². The SMILES string of the molecule is CC(NC(=O)C1(NC(=O)OCC2c3ccccc3-c3ccccc32)CCN(Cc2ccccc2)C1)C(C)C(=O)O. The van der Waals surface area contributed by atoms with Crippen LogP contribution in [0.25, 0.3) is 11.1 Å². The molecule has 3 unspecified atom stereocenters. The molecule has 8 nitrogen and oxygen atoms in total. The minimum atomic E-state index is -1.25. The zero-order chi connectivity index (χ0) is 28.3. The number of benzene rings is 3. The fourth-order valence-corrected chi connectivity index (χ4v) is 5.72. The lowest BCUT2D eigenvalue weighted by Gasteiger charge is -2.31. The molecular weight excluding hydrogens is 506 g/mol. The minimum Gasteiger partial charge on any atom is -0.481 e. The number of hydrogen-bond donors (Lipinski definition) is 3. The highest BCUT2D eigenvalue weighted by Gasteiger charge is 2.47. The molecule has 1 saturated heterocycles. The van der Waals surface area contributed by atoms with Crippen molar-refractivity contribution in [1.82, 2.24) is 15.5 Å². The van der Waals surface area contributed by atoms with Crippen LogP contribution < -0.4 is 10.6 Å². The molecule has 0 radical (unpaired) electrons. The molecule has 208 valence electrons. The first-order chi connectivity index (χ1) is 19.3. The topological polar surface area (TPSA) is 108 Å². The van der Waals surface area contributed by atoms with Gasteiger partial charge in [0.25, 0.3) is 0 Å². The van der Waals surface area contributed by atoms with Gasteiger partial charge in [0, 0.05) is 31.6 Å². The van der Waals surface area contributed by atoms with Crippen molar-refractivity contribution in [2.45, 2.75) is 44.3 Å². The number of carboxylic acid groups (broad SMARTS) is 1. The Morgan fingerprint density at radius 2 is 1.55 bits per heavy atom. The highest BCUT2D eigenvalue weighted by molar-refractivity contribution is 5.91. The molecule has 2 amide bonds. The van der Waals surface area contributed by atoms with E-state index in [4.69, 9.17) is 4.74 Å². The van der Waals surface area contributed by atoms with E-state index in [2.05, 4.69) is 39.8 Å². The van der Waals surface area contributed by atoms with E-state index in [1.54, 1.807) is 13.8 Å². The molecule has 8 heteroatoms. The zero-order valence-corrected chi connectivity index (χ0v) is 22.8. The van der Waals surface area contributed by atoms with Crippen molar-refractivity contribution in [3.05, 3.63) is 95.6 Å². The molecule has 1 heterocycles. The Morgan fingerprint density at radius 3 is 2.17 bits per heavy atom. The summed E-state index contributed by atoms with van der Waals surface area (Å²) >= 11 is 0. The van der Waals surface area contributed by atoms with Crippen LogP contribution in [0.15, 0.2) is 78.9 Å². The van der Waals surface area contributed by atoms with Gasteiger partial charge in [-0.3, -0.25) is 14.5 Å². The second-order valence-electron chi connectivity index (χ2n) is 10.9. The number of carbonyl (C=O) groups is 3. The van der Waals surface area contributed by atoms with Crippen molar-refractivity contribution < 1.29 is 24.2 Å². The summed E-state index contributed by atoms with van der Waals surface area (Å²) in [7, 11) is 0. The maximum absolute atomic E-state index is 13.6. The number of nitrogens with one attached hydrogen (secondary N) is 2. The van der Waals surface area contributed by atoms with Crippen LogP contribution in [0.5, 0.6) is 0 Å². The van der Waals surface area contributed by atoms with Crippen molar-refractivity contribution in [1.29, 1.82) is 0 Å². The number of hydrogen-bond acceptors (Lipinski definition) is 5. The lowest BCUT2D eigenvalue weighted by Crippen LogP contribution is -2.62. The number of aliphatic carboxylic acids is 1. The Labute approximate surface area is 234 Å². The van der Waals surface area contributed by atoms with E-state index >= 15 is 0 Å². The van der Waals surface area contributed by atoms with Crippen LogP contribution in [0.3, 0.4) is 0 Å². The number of fused-ring (bicyclic) bond motifs is 3. The molecule has 3 atom stereocenters. The smallest absolute Gasteiger partial charge is 0.408 e. The molecule has 1 aliphatic heterocycles. The fourth-order valence-electron chi connectivity index (χ4n) is 5.72. The minimum absolute atomic E-state index is 0.0995. The molecule has 0 bridgehead atoms. The molecule has 0 aromatic heterocycles. The molecular formula is C32H35N3O5. The number of carboxylic acids is 1. The van der Waals surface area contributed by atoms with Gasteiger partial charge in [0.2, 0.25) is 5.91 Å². The summed E-state index contributed by atoms with van der Waals surface area (Å²) in [4.78, 5) is 40.5. The first-order valence-electron chi connectivity index (χ1n) is 13.7. The van der Waals surface area contributed by atoms with Crippen LogP contribution in [0, 0.1) is 5.92 Å². The first kappa shape index (κ1) is 27.4. The molecule has 40 heavy (non-hydrogen) atoms. The second kappa shape index (κ2) is 11.5. The Kier molecular flexibility index (Phi) is 7.89. The van der Waals surface area contributed by atoms with Crippen LogP contribution in [0.4, 0.5) is 4.79 Å². The molecule has 5 rings (SSSR count). The highest BCUT2D eigenvalue weighted by Crippen LogP contribution is 2.44. The largest absolute Gasteiger partial charge is 0.481 e. The van der Waals surface area contributed by atoms with E-state index < -0.39 is 35.5 Å². The standard InChI is InChI=1S/C32H35N3O5/c1-21(29(36)37)22(2)33-30(38)32(16-17-35(20-32)18-23-10-4-3-5-11-23)34-31(39)40-19-28-26-14-8-6-12-24(26)25-13-7-9-15-27(25)28/h3-15,21-22,28H,16-20H2,1-2H3,(H,33,38)(H,34,39)(H,36,37). The molecule has 3 aromatic rings. The zero-order valence-electron chi connectivity index (χ0n) is 22.8. The second-order valence-corrected chi connectivity index (χ2v) is 10.9. The number of rotatable bonds is 9. The van der Waals surface area contributed by atoms with Gasteiger partial charge < -0.3 is 20.5 Å². The van der Waals surface area contributed by atoms with Crippen molar-refractivity contribution >= 4 is 18.0 Å². The Morgan fingerprint density at radius 1 is 0.950 bits per heavy atom. The van der Waals surface area contributed by atoms with Crippen molar-refractivity contribution in [2.75, 3.05) is 19.7 Å². The quantitative estimate of drug-likeness (QED) is 0.371. The number of alkyl carbamates (subject to hydrolysis) is 1. The summed E-state index contributed by atoms with van der Waals surface area (Å²) in [6, 6.07) is 25.5. The predicted octanol–water partition coefficient (Wildman–Crippen LogP) is 4.40. The normalized spacial score (nSPS) is 19.8. The van der Waals surface area contributed by atoms with Crippen LogP contribution in [-0.2, 0) is 20.9 Å². The lowest BCUT2D eigenvalue weighted by atomic mass is 9.95. The van der Waals surface area contributed by atoms with E-state index in [-0.39, 0.29) is 19.1 Å². The van der Waals surface area contributed by atoms with Gasteiger partial charge in [-0.1, -0.05) is 78.9 Å². The molecule has 0 spiro atoms. The number of carbonyl (C=O) groups excluding carboxylic acids is 2. The Hall–Kier alpha value is -4.17. The molecule has 1 aliphatic carbocycles. The summed E-state index contributed by atoms with van der Waals surface area (Å²) in [6.45, 7) is 4.85. The van der Waals surface area contributed by atoms with E-state index in [1.807, 2.05) is 54.6 Å². The van der Waals surface area contributed by atoms with Gasteiger partial charge >= 0.3 is 12.1 Å². The summed E-state index contributed by atoms with van der Waals surface area (Å²) in [6.07, 6.45) is -0.290. The number of likely N-dealkylation sites (tertiary alicyclic amines) is 1. The maximum Gasteiger partial charge on any atom is 0.408 e. The van der Waals surface area contributed by atoms with Gasteiger partial charge in [-0.2, -0.15) is 0 Å². The summed E-state index contributed by atoms with van der Waals surface area (Å²) in [5.41, 5.74) is 4.34. The van der Waals surface area contributed by atoms with Gasteiger partial charge in [0.1, 0.15) is 12.1 Å². The molecule has 3 aromatic carbocycles. The third kappa shape index (κ3) is 5.58. The third-order valence-corrected chi connectivity index (χ3v) is 8.22. The monoisotopic (exact) mass is 541 g/mol. The van der Waals surface area contributed by atoms with Crippen LogP contribution in [0.2, 0.25) is 0 Å². The summed E-state index contributed by atoms with van der Waals surface area (Å²) in [5.74, 6) is -2.28. The molecule has 0 saturated carbocycles. The number of amides is 2. The van der Waals surface area contributed by atoms with Crippen LogP contribution >= 0.6 is 0 Å². The maximum atomic E-state index is 13.6. The number of nitrogens with zero attached hydrogens (tertiary/aromatic N) is 1. The van der Waals surface area contributed by atoms with E-state index in [0.29, 0.717) is 19.5 Å². The van der Waals surface area contributed by atoms with Gasteiger partial charge in [-0.15, -0.1) is 0 Å². The average molecular weight is 542 g/mol. The van der Waals surface area contributed by atoms with Crippen LogP contribution in [0.1, 0.15) is 42.9 Å². The van der Waals surface area contributed by atoms with Gasteiger partial charge in [0.05, 0.1) is 5.92 Å². The third-order valence-electron chi connectivity index (χ3n) is 8.22. The number of ether oxygens (including phenoxy) is 1. The van der Waals surface area contributed by atoms with Gasteiger partial charge in [-0.25, -0.2) is 4.79 Å². The van der Waals surface area contributed by atoms with Crippen molar-refractivity contribution in [2.24, 2.45) is 5.92 Å². The van der Waals surface area contributed by atoms with Crippen molar-refractivity contribution in [3.8, 4) is 11.1 Å².